The van der Waals surface area contributed by atoms with Crippen LogP contribution in [0.1, 0.15) is 50.3 Å². The molecule has 0 bridgehead atoms. The highest BCUT2D eigenvalue weighted by Gasteiger charge is 2.18. The fourth-order valence-corrected chi connectivity index (χ4v) is 3.26. The van der Waals surface area contributed by atoms with E-state index in [0.717, 1.165) is 36.6 Å². The summed E-state index contributed by atoms with van der Waals surface area (Å²) in [7, 11) is 0. The molecule has 1 aromatic rings. The van der Waals surface area contributed by atoms with Crippen LogP contribution in [0.2, 0.25) is 0 Å². The molecule has 2 unspecified atom stereocenters. The maximum Gasteiger partial charge on any atom is 0.126 e. The standard InChI is InChI=1S/C18H29FN2/c1-4-20-18(16-8-7-15(3)17(19)12-16)9-11-21-10-5-6-14(2)13-21/h7-8,12,14,18,20H,4-6,9-11,13H2,1-3H3. The number of nitrogens with one attached hydrogen (secondary N) is 1. The van der Waals surface area contributed by atoms with Crippen LogP contribution < -0.4 is 5.32 Å². The van der Waals surface area contributed by atoms with Gasteiger partial charge in [-0.05, 0) is 68.9 Å². The fraction of sp³-hybridized carbons (Fsp3) is 0.667. The third-order valence-electron chi connectivity index (χ3n) is 4.52. The maximum absolute atomic E-state index is 13.8. The maximum atomic E-state index is 13.8. The van der Waals surface area contributed by atoms with Gasteiger partial charge in [0, 0.05) is 12.6 Å². The highest BCUT2D eigenvalue weighted by molar-refractivity contribution is 5.25. The quantitative estimate of drug-likeness (QED) is 0.855. The Morgan fingerprint density at radius 2 is 2.24 bits per heavy atom. The van der Waals surface area contributed by atoms with E-state index in [1.54, 1.807) is 6.07 Å². The van der Waals surface area contributed by atoms with Gasteiger partial charge in [-0.25, -0.2) is 4.39 Å². The van der Waals surface area contributed by atoms with Gasteiger partial charge in [0.15, 0.2) is 0 Å². The second-order valence-corrected chi connectivity index (χ2v) is 6.46. The van der Waals surface area contributed by atoms with E-state index in [4.69, 9.17) is 0 Å². The molecule has 2 rings (SSSR count). The van der Waals surface area contributed by atoms with Crippen molar-refractivity contribution in [2.45, 2.75) is 46.1 Å². The van der Waals surface area contributed by atoms with Crippen LogP contribution in [-0.4, -0.2) is 31.1 Å². The Bertz CT molecular complexity index is 447. The topological polar surface area (TPSA) is 15.3 Å². The van der Waals surface area contributed by atoms with E-state index in [9.17, 15) is 4.39 Å². The monoisotopic (exact) mass is 292 g/mol. The van der Waals surface area contributed by atoms with E-state index < -0.39 is 0 Å². The Labute approximate surface area is 128 Å². The molecule has 3 heteroatoms. The minimum atomic E-state index is -0.0954. The van der Waals surface area contributed by atoms with Gasteiger partial charge in [0.25, 0.3) is 0 Å². The molecule has 118 valence electrons. The highest BCUT2D eigenvalue weighted by atomic mass is 19.1. The molecule has 1 saturated heterocycles. The summed E-state index contributed by atoms with van der Waals surface area (Å²) >= 11 is 0. The third-order valence-corrected chi connectivity index (χ3v) is 4.52. The number of likely N-dealkylation sites (tertiary alicyclic amines) is 1. The van der Waals surface area contributed by atoms with Crippen molar-refractivity contribution >= 4 is 0 Å². The zero-order chi connectivity index (χ0) is 15.2. The van der Waals surface area contributed by atoms with Crippen molar-refractivity contribution in [2.75, 3.05) is 26.2 Å². The molecule has 1 aliphatic rings. The molecule has 1 aromatic carbocycles. The minimum absolute atomic E-state index is 0.0954. The van der Waals surface area contributed by atoms with E-state index in [0.29, 0.717) is 0 Å². The second kappa shape index (κ2) is 7.90. The molecule has 0 radical (unpaired) electrons. The normalized spacial score (nSPS) is 21.4. The summed E-state index contributed by atoms with van der Waals surface area (Å²) in [5.74, 6) is 0.718. The van der Waals surface area contributed by atoms with Crippen molar-refractivity contribution in [3.63, 3.8) is 0 Å². The van der Waals surface area contributed by atoms with Gasteiger partial charge >= 0.3 is 0 Å². The number of benzene rings is 1. The van der Waals surface area contributed by atoms with Crippen LogP contribution in [0.25, 0.3) is 0 Å². The van der Waals surface area contributed by atoms with Gasteiger partial charge in [0.2, 0.25) is 0 Å². The van der Waals surface area contributed by atoms with Crippen molar-refractivity contribution in [1.29, 1.82) is 0 Å². The molecule has 0 spiro atoms. The average molecular weight is 292 g/mol. The summed E-state index contributed by atoms with van der Waals surface area (Å²) in [6, 6.07) is 5.90. The zero-order valence-electron chi connectivity index (χ0n) is 13.7. The van der Waals surface area contributed by atoms with Crippen molar-refractivity contribution in [2.24, 2.45) is 5.92 Å². The average Bonchev–Trinajstić information content (AvgIpc) is 2.46. The SMILES string of the molecule is CCNC(CCN1CCCC(C)C1)c1ccc(C)c(F)c1. The molecule has 0 aliphatic carbocycles. The zero-order valence-corrected chi connectivity index (χ0v) is 13.7. The van der Waals surface area contributed by atoms with Crippen molar-refractivity contribution < 1.29 is 4.39 Å². The van der Waals surface area contributed by atoms with Crippen LogP contribution in [0.5, 0.6) is 0 Å². The Morgan fingerprint density at radius 3 is 2.90 bits per heavy atom. The number of nitrogens with zero attached hydrogens (tertiary/aromatic N) is 1. The smallest absolute Gasteiger partial charge is 0.126 e. The number of hydrogen-bond donors (Lipinski definition) is 1. The molecule has 0 saturated carbocycles. The molecule has 1 aliphatic heterocycles. The van der Waals surface area contributed by atoms with E-state index in [-0.39, 0.29) is 11.9 Å². The lowest BCUT2D eigenvalue weighted by atomic mass is 9.98. The predicted octanol–water partition coefficient (Wildman–Crippen LogP) is 3.91. The molecule has 21 heavy (non-hydrogen) atoms. The first-order valence-corrected chi connectivity index (χ1v) is 8.32. The van der Waals surface area contributed by atoms with E-state index in [1.807, 2.05) is 13.0 Å². The van der Waals surface area contributed by atoms with Crippen molar-refractivity contribution in [3.05, 3.63) is 35.1 Å². The predicted molar refractivity (Wildman–Crippen MR) is 87.0 cm³/mol. The molecule has 1 heterocycles. The first-order chi connectivity index (χ1) is 10.1. The molecule has 1 N–H and O–H groups in total. The van der Waals surface area contributed by atoms with Crippen LogP contribution in [0, 0.1) is 18.7 Å². The molecule has 2 nitrogen and oxygen atoms in total. The molecule has 2 atom stereocenters. The summed E-state index contributed by atoms with van der Waals surface area (Å²) in [6.07, 6.45) is 3.71. The Kier molecular flexibility index (Phi) is 6.19. The Balaban J connectivity index is 1.96. The number of rotatable bonds is 6. The van der Waals surface area contributed by atoms with Crippen molar-refractivity contribution in [3.8, 4) is 0 Å². The van der Waals surface area contributed by atoms with E-state index in [1.165, 1.54) is 25.9 Å². The van der Waals surface area contributed by atoms with E-state index in [2.05, 4.69) is 30.1 Å². The van der Waals surface area contributed by atoms with Crippen molar-refractivity contribution in [1.82, 2.24) is 10.2 Å². The van der Waals surface area contributed by atoms with Gasteiger partial charge in [-0.1, -0.05) is 26.0 Å². The summed E-state index contributed by atoms with van der Waals surface area (Å²) < 4.78 is 13.8. The number of piperidine rings is 1. The molecule has 1 fully saturated rings. The molecular formula is C18H29FN2. The number of halogens is 1. The van der Waals surface area contributed by atoms with Crippen LogP contribution in [0.15, 0.2) is 18.2 Å². The first-order valence-electron chi connectivity index (χ1n) is 8.32. The second-order valence-electron chi connectivity index (χ2n) is 6.46. The van der Waals surface area contributed by atoms with Gasteiger partial charge < -0.3 is 10.2 Å². The highest BCUT2D eigenvalue weighted by Crippen LogP contribution is 2.22. The molecule has 0 aromatic heterocycles. The Hall–Kier alpha value is -0.930. The number of hydrogen-bond acceptors (Lipinski definition) is 2. The van der Waals surface area contributed by atoms with Crippen LogP contribution in [-0.2, 0) is 0 Å². The van der Waals surface area contributed by atoms with Gasteiger partial charge in [0.1, 0.15) is 5.82 Å². The minimum Gasteiger partial charge on any atom is -0.310 e. The summed E-state index contributed by atoms with van der Waals surface area (Å²) in [5, 5.41) is 3.50. The number of aryl methyl sites for hydroxylation is 1. The lowest BCUT2D eigenvalue weighted by Gasteiger charge is -2.32. The van der Waals surface area contributed by atoms with Gasteiger partial charge in [-0.3, -0.25) is 0 Å². The van der Waals surface area contributed by atoms with Crippen LogP contribution in [0.4, 0.5) is 4.39 Å². The Morgan fingerprint density at radius 1 is 1.43 bits per heavy atom. The first kappa shape index (κ1) is 16.4. The lowest BCUT2D eigenvalue weighted by Crippen LogP contribution is -2.36. The molecule has 0 amide bonds. The fourth-order valence-electron chi connectivity index (χ4n) is 3.26. The summed E-state index contributed by atoms with van der Waals surface area (Å²) in [5.41, 5.74) is 1.80. The molecular weight excluding hydrogens is 263 g/mol. The van der Waals surface area contributed by atoms with Crippen LogP contribution in [0.3, 0.4) is 0 Å². The lowest BCUT2D eigenvalue weighted by molar-refractivity contribution is 0.176. The van der Waals surface area contributed by atoms with Gasteiger partial charge in [-0.15, -0.1) is 0 Å². The summed E-state index contributed by atoms with van der Waals surface area (Å²) in [4.78, 5) is 2.56. The van der Waals surface area contributed by atoms with E-state index >= 15 is 0 Å². The third kappa shape index (κ3) is 4.79. The largest absolute Gasteiger partial charge is 0.310 e. The van der Waals surface area contributed by atoms with Gasteiger partial charge in [0.05, 0.1) is 0 Å². The van der Waals surface area contributed by atoms with Crippen LogP contribution >= 0.6 is 0 Å². The van der Waals surface area contributed by atoms with Gasteiger partial charge in [-0.2, -0.15) is 0 Å². The summed E-state index contributed by atoms with van der Waals surface area (Å²) in [6.45, 7) is 10.7.